The van der Waals surface area contributed by atoms with Crippen LogP contribution in [-0.2, 0) is 4.79 Å². The maximum atomic E-state index is 11.8. The number of aryl methyl sites for hydroxylation is 1. The van der Waals surface area contributed by atoms with Gasteiger partial charge in [0.05, 0.1) is 17.8 Å². The van der Waals surface area contributed by atoms with E-state index in [9.17, 15) is 4.79 Å². The first kappa shape index (κ1) is 17.7. The molecular weight excluding hydrogens is 335 g/mol. The van der Waals surface area contributed by atoms with Crippen molar-refractivity contribution in [3.8, 4) is 0 Å². The standard InChI is InChI=1S/C16H17ClN4O.ClH/c1-10-4-5-11-8-12(15(17)20-14(11)7-10)9-19-21-16(22)13-3-2-6-18-13;/h4-5,7-9,13,18H,2-3,6H2,1H3,(H,21,22);1H/b19-9+;/t13-;/m0./s1. The van der Waals surface area contributed by atoms with Crippen molar-refractivity contribution >= 4 is 47.0 Å². The Morgan fingerprint density at radius 2 is 2.30 bits per heavy atom. The van der Waals surface area contributed by atoms with Crippen molar-refractivity contribution in [3.05, 3.63) is 40.5 Å². The molecule has 2 heterocycles. The summed E-state index contributed by atoms with van der Waals surface area (Å²) in [6, 6.07) is 7.76. The molecule has 0 saturated carbocycles. The zero-order chi connectivity index (χ0) is 15.5. The van der Waals surface area contributed by atoms with E-state index in [0.717, 1.165) is 35.9 Å². The minimum atomic E-state index is -0.148. The number of fused-ring (bicyclic) bond motifs is 1. The Morgan fingerprint density at radius 1 is 1.48 bits per heavy atom. The van der Waals surface area contributed by atoms with Crippen LogP contribution in [0.5, 0.6) is 0 Å². The van der Waals surface area contributed by atoms with Crippen LogP contribution in [0.4, 0.5) is 0 Å². The Labute approximate surface area is 145 Å². The summed E-state index contributed by atoms with van der Waals surface area (Å²) in [6.45, 7) is 2.89. The molecule has 0 bridgehead atoms. The van der Waals surface area contributed by atoms with Crippen LogP contribution in [0.3, 0.4) is 0 Å². The van der Waals surface area contributed by atoms with E-state index in [0.29, 0.717) is 10.7 Å². The highest BCUT2D eigenvalue weighted by Crippen LogP contribution is 2.20. The van der Waals surface area contributed by atoms with Crippen LogP contribution in [0.2, 0.25) is 5.15 Å². The lowest BCUT2D eigenvalue weighted by atomic mass is 10.1. The number of hydrogen-bond donors (Lipinski definition) is 2. The number of hydrazone groups is 1. The summed E-state index contributed by atoms with van der Waals surface area (Å²) >= 11 is 6.17. The van der Waals surface area contributed by atoms with Crippen molar-refractivity contribution in [2.75, 3.05) is 6.54 Å². The Balaban J connectivity index is 0.00000192. The average molecular weight is 353 g/mol. The van der Waals surface area contributed by atoms with Crippen molar-refractivity contribution < 1.29 is 4.79 Å². The third-order valence-electron chi connectivity index (χ3n) is 3.71. The molecule has 1 aliphatic rings. The van der Waals surface area contributed by atoms with Crippen LogP contribution in [-0.4, -0.2) is 29.7 Å². The molecular formula is C16H18Cl2N4O. The summed E-state index contributed by atoms with van der Waals surface area (Å²) < 4.78 is 0. The van der Waals surface area contributed by atoms with Gasteiger partial charge in [-0.2, -0.15) is 5.10 Å². The molecule has 1 aromatic heterocycles. The molecule has 1 aromatic carbocycles. The van der Waals surface area contributed by atoms with E-state index in [-0.39, 0.29) is 24.4 Å². The number of nitrogens with zero attached hydrogens (tertiary/aromatic N) is 2. The fourth-order valence-corrected chi connectivity index (χ4v) is 2.71. The lowest BCUT2D eigenvalue weighted by molar-refractivity contribution is -0.122. The minimum Gasteiger partial charge on any atom is -0.306 e. The van der Waals surface area contributed by atoms with Crippen molar-refractivity contribution in [3.63, 3.8) is 0 Å². The third kappa shape index (κ3) is 4.19. The topological polar surface area (TPSA) is 66.4 Å². The lowest BCUT2D eigenvalue weighted by Crippen LogP contribution is -2.38. The number of rotatable bonds is 3. The fraction of sp³-hybridized carbons (Fsp3) is 0.312. The van der Waals surface area contributed by atoms with Crippen LogP contribution in [0.1, 0.15) is 24.0 Å². The molecule has 0 radical (unpaired) electrons. The maximum Gasteiger partial charge on any atom is 0.257 e. The molecule has 2 N–H and O–H groups in total. The summed E-state index contributed by atoms with van der Waals surface area (Å²) in [7, 11) is 0. The average Bonchev–Trinajstić information content (AvgIpc) is 3.02. The highest BCUT2D eigenvalue weighted by molar-refractivity contribution is 6.32. The molecule has 0 spiro atoms. The van der Waals surface area contributed by atoms with E-state index in [1.165, 1.54) is 6.21 Å². The summed E-state index contributed by atoms with van der Waals surface area (Å²) in [5, 5.41) is 8.46. The van der Waals surface area contributed by atoms with Crippen molar-refractivity contribution in [2.24, 2.45) is 5.10 Å². The van der Waals surface area contributed by atoms with Gasteiger partial charge in [0.15, 0.2) is 0 Å². The quantitative estimate of drug-likeness (QED) is 0.507. The smallest absolute Gasteiger partial charge is 0.257 e. The Kier molecular flexibility index (Phi) is 5.93. The van der Waals surface area contributed by atoms with Crippen molar-refractivity contribution in [1.82, 2.24) is 15.7 Å². The van der Waals surface area contributed by atoms with Gasteiger partial charge in [-0.25, -0.2) is 10.4 Å². The number of pyridine rings is 1. The Morgan fingerprint density at radius 3 is 3.04 bits per heavy atom. The molecule has 1 aliphatic heterocycles. The fourth-order valence-electron chi connectivity index (χ4n) is 2.51. The van der Waals surface area contributed by atoms with Crippen LogP contribution >= 0.6 is 24.0 Å². The molecule has 1 atom stereocenters. The summed E-state index contributed by atoms with van der Waals surface area (Å²) in [5.41, 5.74) is 5.20. The summed E-state index contributed by atoms with van der Waals surface area (Å²) in [4.78, 5) is 16.2. The van der Waals surface area contributed by atoms with Gasteiger partial charge in [0, 0.05) is 10.9 Å². The minimum absolute atomic E-state index is 0. The zero-order valence-corrected chi connectivity index (χ0v) is 14.2. The second kappa shape index (κ2) is 7.73. The van der Waals surface area contributed by atoms with Gasteiger partial charge in [-0.3, -0.25) is 4.79 Å². The highest BCUT2D eigenvalue weighted by atomic mass is 35.5. The van der Waals surface area contributed by atoms with Gasteiger partial charge in [0.1, 0.15) is 5.15 Å². The van der Waals surface area contributed by atoms with Crippen LogP contribution in [0, 0.1) is 6.92 Å². The number of halogens is 2. The van der Waals surface area contributed by atoms with Gasteiger partial charge < -0.3 is 5.32 Å². The number of carbonyl (C=O) groups excluding carboxylic acids is 1. The molecule has 122 valence electrons. The van der Waals surface area contributed by atoms with E-state index < -0.39 is 0 Å². The van der Waals surface area contributed by atoms with E-state index in [2.05, 4.69) is 20.8 Å². The molecule has 7 heteroatoms. The van der Waals surface area contributed by atoms with Gasteiger partial charge in [0.2, 0.25) is 0 Å². The Bertz CT molecular complexity index is 742. The van der Waals surface area contributed by atoms with Gasteiger partial charge in [-0.05, 0) is 44.0 Å². The lowest BCUT2D eigenvalue weighted by Gasteiger charge is -2.07. The number of nitrogens with one attached hydrogen (secondary N) is 2. The maximum absolute atomic E-state index is 11.8. The molecule has 2 aromatic rings. The summed E-state index contributed by atoms with van der Waals surface area (Å²) in [6.07, 6.45) is 3.39. The number of benzene rings is 1. The SMILES string of the molecule is Cc1ccc2cc(/C=N/NC(=O)[C@@H]3CCCN3)c(Cl)nc2c1.Cl. The van der Waals surface area contributed by atoms with Gasteiger partial charge in [-0.15, -0.1) is 12.4 Å². The van der Waals surface area contributed by atoms with Crippen LogP contribution < -0.4 is 10.7 Å². The predicted octanol–water partition coefficient (Wildman–Crippen LogP) is 2.82. The molecule has 1 saturated heterocycles. The van der Waals surface area contributed by atoms with E-state index in [4.69, 9.17) is 11.6 Å². The zero-order valence-electron chi connectivity index (χ0n) is 12.7. The normalized spacial score (nSPS) is 17.4. The first-order valence-corrected chi connectivity index (χ1v) is 7.64. The Hall–Kier alpha value is -1.69. The van der Waals surface area contributed by atoms with Crippen LogP contribution in [0.15, 0.2) is 29.4 Å². The monoisotopic (exact) mass is 352 g/mol. The molecule has 1 amide bonds. The molecule has 0 aliphatic carbocycles. The predicted molar refractivity (Wildman–Crippen MR) is 95.5 cm³/mol. The largest absolute Gasteiger partial charge is 0.306 e. The van der Waals surface area contributed by atoms with E-state index in [1.807, 2.05) is 31.2 Å². The van der Waals surface area contributed by atoms with Crippen molar-refractivity contribution in [1.29, 1.82) is 0 Å². The molecule has 0 unspecified atom stereocenters. The van der Waals surface area contributed by atoms with Crippen LogP contribution in [0.25, 0.3) is 10.9 Å². The molecule has 23 heavy (non-hydrogen) atoms. The summed E-state index contributed by atoms with van der Waals surface area (Å²) in [5.74, 6) is -0.116. The third-order valence-corrected chi connectivity index (χ3v) is 4.01. The second-order valence-corrected chi connectivity index (χ2v) is 5.81. The van der Waals surface area contributed by atoms with Gasteiger partial charge >= 0.3 is 0 Å². The first-order chi connectivity index (χ1) is 10.6. The number of amides is 1. The number of carbonyl (C=O) groups is 1. The van der Waals surface area contributed by atoms with E-state index in [1.54, 1.807) is 0 Å². The molecule has 1 fully saturated rings. The second-order valence-electron chi connectivity index (χ2n) is 5.45. The molecule has 5 nitrogen and oxygen atoms in total. The van der Waals surface area contributed by atoms with Gasteiger partial charge in [-0.1, -0.05) is 23.7 Å². The van der Waals surface area contributed by atoms with Gasteiger partial charge in [0.25, 0.3) is 5.91 Å². The van der Waals surface area contributed by atoms with Crippen molar-refractivity contribution in [2.45, 2.75) is 25.8 Å². The molecule has 3 rings (SSSR count). The number of hydrogen-bond acceptors (Lipinski definition) is 4. The first-order valence-electron chi connectivity index (χ1n) is 7.27. The highest BCUT2D eigenvalue weighted by Gasteiger charge is 2.21. The van der Waals surface area contributed by atoms with E-state index >= 15 is 0 Å². The number of aromatic nitrogens is 1.